The minimum atomic E-state index is -0.482. The van der Waals surface area contributed by atoms with Crippen molar-refractivity contribution in [3.8, 4) is 6.07 Å². The first-order valence-electron chi connectivity index (χ1n) is 9.86. The smallest absolute Gasteiger partial charge is 0.263 e. The van der Waals surface area contributed by atoms with Gasteiger partial charge < -0.3 is 4.98 Å². The molecule has 3 atom stereocenters. The number of nitriles is 1. The van der Waals surface area contributed by atoms with Gasteiger partial charge in [-0.2, -0.15) is 10.4 Å². The van der Waals surface area contributed by atoms with Crippen molar-refractivity contribution < 1.29 is 4.39 Å². The van der Waals surface area contributed by atoms with Crippen molar-refractivity contribution >= 4 is 11.0 Å². The summed E-state index contributed by atoms with van der Waals surface area (Å²) in [6.07, 6.45) is 7.75. The van der Waals surface area contributed by atoms with Gasteiger partial charge in [0.25, 0.3) is 5.56 Å². The van der Waals surface area contributed by atoms with Gasteiger partial charge in [0.2, 0.25) is 0 Å². The van der Waals surface area contributed by atoms with Crippen LogP contribution >= 0.6 is 0 Å². The molecule has 4 aromatic heterocycles. The molecule has 1 aliphatic rings. The van der Waals surface area contributed by atoms with Crippen LogP contribution in [0.5, 0.6) is 0 Å². The largest absolute Gasteiger partial charge is 0.310 e. The number of H-pyrrole nitrogens is 1. The van der Waals surface area contributed by atoms with Crippen LogP contribution in [0.4, 0.5) is 4.39 Å². The maximum absolute atomic E-state index is 13.7. The van der Waals surface area contributed by atoms with E-state index >= 15 is 0 Å². The van der Waals surface area contributed by atoms with Crippen LogP contribution in [0.3, 0.4) is 0 Å². The number of hydrogen-bond donors (Lipinski definition) is 1. The van der Waals surface area contributed by atoms with E-state index < -0.39 is 17.4 Å². The molecule has 154 valence electrons. The maximum atomic E-state index is 13.7. The number of nitrogens with zero attached hydrogens (tertiary/aromatic N) is 7. The quantitative estimate of drug-likeness (QED) is 0.542. The molecule has 4 heterocycles. The molecule has 1 N–H and O–H groups in total. The van der Waals surface area contributed by atoms with Crippen LogP contribution in [0.1, 0.15) is 60.5 Å². The van der Waals surface area contributed by atoms with Crippen LogP contribution in [0.25, 0.3) is 11.0 Å². The predicted molar refractivity (Wildman–Crippen MR) is 108 cm³/mol. The van der Waals surface area contributed by atoms with E-state index in [0.29, 0.717) is 17.2 Å². The highest BCUT2D eigenvalue weighted by molar-refractivity contribution is 5.80. The molecule has 31 heavy (non-hydrogen) atoms. The predicted octanol–water partition coefficient (Wildman–Crippen LogP) is 2.59. The second-order valence-corrected chi connectivity index (χ2v) is 7.56. The summed E-state index contributed by atoms with van der Waals surface area (Å²) >= 11 is 0. The molecular weight excluding hydrogens is 399 g/mol. The van der Waals surface area contributed by atoms with Gasteiger partial charge in [0.1, 0.15) is 28.9 Å². The third-order valence-corrected chi connectivity index (χ3v) is 5.80. The van der Waals surface area contributed by atoms with Crippen molar-refractivity contribution in [2.24, 2.45) is 0 Å². The lowest BCUT2D eigenvalue weighted by Crippen LogP contribution is -2.28. The topological polar surface area (TPSA) is 126 Å². The van der Waals surface area contributed by atoms with Crippen LogP contribution < -0.4 is 5.56 Å². The molecule has 0 bridgehead atoms. The fraction of sp³-hybridized carbons (Fsp3) is 0.286. The van der Waals surface area contributed by atoms with E-state index in [-0.39, 0.29) is 28.6 Å². The highest BCUT2D eigenvalue weighted by Gasteiger charge is 2.37. The normalized spacial score (nSPS) is 19.0. The number of fused-ring (bicyclic) bond motifs is 1. The molecule has 5 rings (SSSR count). The fourth-order valence-electron chi connectivity index (χ4n) is 4.02. The monoisotopic (exact) mass is 416 g/mol. The lowest BCUT2D eigenvalue weighted by atomic mass is 9.72. The molecule has 10 heteroatoms. The summed E-state index contributed by atoms with van der Waals surface area (Å²) in [6.45, 7) is 1.79. The zero-order valence-corrected chi connectivity index (χ0v) is 16.5. The first-order chi connectivity index (χ1) is 15.1. The van der Waals surface area contributed by atoms with Crippen molar-refractivity contribution in [3.05, 3.63) is 76.0 Å². The molecular formula is C21H17FN8O. The molecule has 9 nitrogen and oxygen atoms in total. The second kappa shape index (κ2) is 7.36. The van der Waals surface area contributed by atoms with Crippen LogP contribution in [0.2, 0.25) is 0 Å². The molecule has 0 aliphatic heterocycles. The number of hydrogen-bond acceptors (Lipinski definition) is 7. The minimum absolute atomic E-state index is 0.0249. The lowest BCUT2D eigenvalue weighted by molar-refractivity contribution is 0.319. The molecule has 1 aliphatic carbocycles. The van der Waals surface area contributed by atoms with Gasteiger partial charge >= 0.3 is 0 Å². The Kier molecular flexibility index (Phi) is 4.51. The Hall–Kier alpha value is -4.00. The van der Waals surface area contributed by atoms with Crippen molar-refractivity contribution in [1.29, 1.82) is 5.26 Å². The third-order valence-electron chi connectivity index (χ3n) is 5.80. The molecule has 0 saturated heterocycles. The Morgan fingerprint density at radius 2 is 2.03 bits per heavy atom. The Labute approximate surface area is 175 Å². The summed E-state index contributed by atoms with van der Waals surface area (Å²) < 4.78 is 15.2. The van der Waals surface area contributed by atoms with Gasteiger partial charge in [-0.1, -0.05) is 0 Å². The van der Waals surface area contributed by atoms with Gasteiger partial charge in [-0.25, -0.2) is 24.0 Å². The van der Waals surface area contributed by atoms with E-state index in [0.717, 1.165) is 19.0 Å². The van der Waals surface area contributed by atoms with Crippen LogP contribution in [0, 0.1) is 17.1 Å². The van der Waals surface area contributed by atoms with Crippen molar-refractivity contribution in [2.75, 3.05) is 0 Å². The molecule has 0 amide bonds. The second-order valence-electron chi connectivity index (χ2n) is 7.56. The molecule has 1 fully saturated rings. The van der Waals surface area contributed by atoms with Crippen LogP contribution in [-0.2, 0) is 0 Å². The average Bonchev–Trinajstić information content (AvgIpc) is 3.12. The molecule has 1 unspecified atom stereocenters. The van der Waals surface area contributed by atoms with E-state index in [4.69, 9.17) is 4.98 Å². The van der Waals surface area contributed by atoms with E-state index in [2.05, 4.69) is 25.0 Å². The Balaban J connectivity index is 1.62. The summed E-state index contributed by atoms with van der Waals surface area (Å²) in [7, 11) is 0. The number of aromatic nitrogens is 7. The lowest BCUT2D eigenvalue weighted by Gasteiger charge is -2.34. The molecule has 0 spiro atoms. The average molecular weight is 416 g/mol. The van der Waals surface area contributed by atoms with Gasteiger partial charge in [0, 0.05) is 30.4 Å². The summed E-state index contributed by atoms with van der Waals surface area (Å²) in [5.74, 6) is 0.759. The zero-order valence-electron chi connectivity index (χ0n) is 16.5. The molecule has 1 saturated carbocycles. The SMILES string of the molecule is CC(c1cncc(F)c1)n1nc(C#N)c2c(=O)[nH]c([C@@H]3CC[C@H]3c3ncccn3)nc21. The number of rotatable bonds is 4. The standard InChI is InChI=1S/C21H17FN8O/c1-11(12-7-13(22)10-24-9-12)30-20-17(16(8-23)29-30)21(31)28-19(27-20)15-4-3-14(15)18-25-5-2-6-26-18/h2,5-7,9-11,14-15H,3-4H2,1H3,(H,27,28,31)/t11?,14-,15-/m1/s1. The van der Waals surface area contributed by atoms with Crippen LogP contribution in [-0.4, -0.2) is 34.7 Å². The summed E-state index contributed by atoms with van der Waals surface area (Å²) in [4.78, 5) is 33.0. The van der Waals surface area contributed by atoms with Crippen molar-refractivity contribution in [2.45, 2.75) is 37.6 Å². The highest BCUT2D eigenvalue weighted by atomic mass is 19.1. The highest BCUT2D eigenvalue weighted by Crippen LogP contribution is 2.46. The first kappa shape index (κ1) is 19.0. The first-order valence-corrected chi connectivity index (χ1v) is 9.86. The van der Waals surface area contributed by atoms with E-state index in [1.54, 1.807) is 25.4 Å². The molecule has 0 aromatic carbocycles. The Morgan fingerprint density at radius 1 is 1.26 bits per heavy atom. The fourth-order valence-corrected chi connectivity index (χ4v) is 4.02. The molecule has 0 radical (unpaired) electrons. The molecule has 4 aromatic rings. The Morgan fingerprint density at radius 3 is 2.71 bits per heavy atom. The van der Waals surface area contributed by atoms with Gasteiger partial charge in [-0.15, -0.1) is 0 Å². The van der Waals surface area contributed by atoms with Crippen molar-refractivity contribution in [3.63, 3.8) is 0 Å². The number of halogens is 1. The summed E-state index contributed by atoms with van der Waals surface area (Å²) in [5.41, 5.74) is 0.387. The summed E-state index contributed by atoms with van der Waals surface area (Å²) in [5, 5.41) is 13.9. The Bertz CT molecular complexity index is 1370. The van der Waals surface area contributed by atoms with Gasteiger partial charge in [0.05, 0.1) is 12.2 Å². The number of nitrogens with one attached hydrogen (secondary N) is 1. The van der Waals surface area contributed by atoms with E-state index in [1.807, 2.05) is 6.07 Å². The minimum Gasteiger partial charge on any atom is -0.310 e. The maximum Gasteiger partial charge on any atom is 0.263 e. The van der Waals surface area contributed by atoms with Crippen molar-refractivity contribution in [1.82, 2.24) is 34.7 Å². The number of aromatic amines is 1. The summed E-state index contributed by atoms with van der Waals surface area (Å²) in [6, 6.07) is 4.58. The van der Waals surface area contributed by atoms with E-state index in [9.17, 15) is 14.4 Å². The van der Waals surface area contributed by atoms with Crippen LogP contribution in [0.15, 0.2) is 41.7 Å². The van der Waals surface area contributed by atoms with E-state index in [1.165, 1.54) is 16.9 Å². The van der Waals surface area contributed by atoms with Gasteiger partial charge in [-0.3, -0.25) is 9.78 Å². The zero-order chi connectivity index (χ0) is 21.5. The van der Waals surface area contributed by atoms with Gasteiger partial charge in [-0.05, 0) is 37.5 Å². The third kappa shape index (κ3) is 3.15. The number of pyridine rings is 1. The van der Waals surface area contributed by atoms with Gasteiger partial charge in [0.15, 0.2) is 11.3 Å².